The molecule has 0 spiro atoms. The van der Waals surface area contributed by atoms with Gasteiger partial charge in [0.05, 0.1) is 6.10 Å². The van der Waals surface area contributed by atoms with E-state index in [0.717, 1.165) is 18.6 Å². The first-order valence-corrected chi connectivity index (χ1v) is 5.22. The Kier molecular flexibility index (Phi) is 4.47. The highest BCUT2D eigenvalue weighted by Gasteiger charge is 2.05. The molecule has 0 saturated carbocycles. The summed E-state index contributed by atoms with van der Waals surface area (Å²) < 4.78 is 5.79. The number of para-hydroxylation sites is 1. The molecule has 2 heteroatoms. The molecule has 1 aromatic carbocycles. The molecule has 0 amide bonds. The molecule has 14 heavy (non-hydrogen) atoms. The van der Waals surface area contributed by atoms with Gasteiger partial charge in [0.25, 0.3) is 0 Å². The van der Waals surface area contributed by atoms with Crippen LogP contribution in [0.25, 0.3) is 0 Å². The van der Waals surface area contributed by atoms with Gasteiger partial charge in [-0.2, -0.15) is 0 Å². The van der Waals surface area contributed by atoms with E-state index in [9.17, 15) is 0 Å². The normalized spacial score (nSPS) is 12.5. The maximum Gasteiger partial charge on any atom is 0.122 e. The quantitative estimate of drug-likeness (QED) is 0.779. The van der Waals surface area contributed by atoms with Crippen LogP contribution >= 0.6 is 0 Å². The van der Waals surface area contributed by atoms with E-state index < -0.39 is 0 Å². The van der Waals surface area contributed by atoms with Crippen molar-refractivity contribution >= 4 is 0 Å². The third-order valence-corrected chi connectivity index (χ3v) is 2.29. The lowest BCUT2D eigenvalue weighted by molar-refractivity contribution is 0.215. The van der Waals surface area contributed by atoms with Gasteiger partial charge in [-0.15, -0.1) is 0 Å². The molecule has 2 N–H and O–H groups in total. The predicted molar refractivity (Wildman–Crippen MR) is 59.6 cm³/mol. The van der Waals surface area contributed by atoms with Crippen LogP contribution in [-0.4, -0.2) is 12.6 Å². The first-order valence-electron chi connectivity index (χ1n) is 5.22. The van der Waals surface area contributed by atoms with Gasteiger partial charge < -0.3 is 10.5 Å². The molecule has 2 nitrogen and oxygen atoms in total. The zero-order valence-corrected chi connectivity index (χ0v) is 8.99. The summed E-state index contributed by atoms with van der Waals surface area (Å²) in [5, 5.41) is 0. The van der Waals surface area contributed by atoms with Crippen LogP contribution in [0.2, 0.25) is 0 Å². The summed E-state index contributed by atoms with van der Waals surface area (Å²) in [7, 11) is 0. The number of ether oxygens (including phenoxy) is 1. The van der Waals surface area contributed by atoms with Crippen LogP contribution in [-0.2, 0) is 6.42 Å². The van der Waals surface area contributed by atoms with Crippen molar-refractivity contribution in [1.29, 1.82) is 0 Å². The van der Waals surface area contributed by atoms with Crippen LogP contribution in [0.3, 0.4) is 0 Å². The average molecular weight is 193 g/mol. The predicted octanol–water partition coefficient (Wildman–Crippen LogP) is 2.37. The second-order valence-corrected chi connectivity index (χ2v) is 3.48. The summed E-state index contributed by atoms with van der Waals surface area (Å²) in [6.07, 6.45) is 2.18. The Bertz CT molecular complexity index is 273. The fraction of sp³-hybridized carbons (Fsp3) is 0.500. The zero-order chi connectivity index (χ0) is 10.4. The van der Waals surface area contributed by atoms with Crippen LogP contribution in [0.1, 0.15) is 25.8 Å². The summed E-state index contributed by atoms with van der Waals surface area (Å²) in [4.78, 5) is 0. The standard InChI is InChI=1S/C12H19NO/c1-3-10(2)14-12-7-5-4-6-11(12)8-9-13/h4-7,10H,3,8-9,13H2,1-2H3. The minimum absolute atomic E-state index is 0.272. The molecular formula is C12H19NO. The van der Waals surface area contributed by atoms with Crippen molar-refractivity contribution in [3.05, 3.63) is 29.8 Å². The van der Waals surface area contributed by atoms with Crippen LogP contribution in [0.4, 0.5) is 0 Å². The molecule has 0 saturated heterocycles. The van der Waals surface area contributed by atoms with Gasteiger partial charge in [0, 0.05) is 0 Å². The summed E-state index contributed by atoms with van der Waals surface area (Å²) >= 11 is 0. The zero-order valence-electron chi connectivity index (χ0n) is 8.99. The lowest BCUT2D eigenvalue weighted by Gasteiger charge is -2.15. The maximum atomic E-state index is 5.79. The summed E-state index contributed by atoms with van der Waals surface area (Å²) in [5.41, 5.74) is 6.74. The van der Waals surface area contributed by atoms with Crippen molar-refractivity contribution in [2.24, 2.45) is 5.73 Å². The van der Waals surface area contributed by atoms with E-state index in [4.69, 9.17) is 10.5 Å². The molecule has 0 aliphatic carbocycles. The lowest BCUT2D eigenvalue weighted by atomic mass is 10.1. The van der Waals surface area contributed by atoms with Crippen molar-refractivity contribution in [1.82, 2.24) is 0 Å². The second kappa shape index (κ2) is 5.66. The lowest BCUT2D eigenvalue weighted by Crippen LogP contribution is -2.12. The molecule has 78 valence electrons. The molecule has 0 aliphatic heterocycles. The minimum Gasteiger partial charge on any atom is -0.490 e. The molecule has 0 aliphatic rings. The Hall–Kier alpha value is -1.02. The van der Waals surface area contributed by atoms with Crippen molar-refractivity contribution in [3.63, 3.8) is 0 Å². The molecule has 1 unspecified atom stereocenters. The number of hydrogen-bond donors (Lipinski definition) is 1. The summed E-state index contributed by atoms with van der Waals surface area (Å²) in [6.45, 7) is 4.87. The second-order valence-electron chi connectivity index (χ2n) is 3.48. The maximum absolute atomic E-state index is 5.79. The topological polar surface area (TPSA) is 35.2 Å². The van der Waals surface area contributed by atoms with Crippen molar-refractivity contribution in [3.8, 4) is 5.75 Å². The fourth-order valence-corrected chi connectivity index (χ4v) is 1.28. The van der Waals surface area contributed by atoms with E-state index in [2.05, 4.69) is 19.9 Å². The van der Waals surface area contributed by atoms with E-state index >= 15 is 0 Å². The van der Waals surface area contributed by atoms with Gasteiger partial charge in [-0.3, -0.25) is 0 Å². The monoisotopic (exact) mass is 193 g/mol. The van der Waals surface area contributed by atoms with Gasteiger partial charge >= 0.3 is 0 Å². The van der Waals surface area contributed by atoms with Gasteiger partial charge in [0.2, 0.25) is 0 Å². The van der Waals surface area contributed by atoms with Gasteiger partial charge in [-0.25, -0.2) is 0 Å². The Balaban J connectivity index is 2.73. The molecule has 0 radical (unpaired) electrons. The van der Waals surface area contributed by atoms with E-state index in [1.807, 2.05) is 18.2 Å². The molecular weight excluding hydrogens is 174 g/mol. The summed E-state index contributed by atoms with van der Waals surface area (Å²) in [6, 6.07) is 8.11. The highest BCUT2D eigenvalue weighted by molar-refractivity contribution is 5.33. The largest absolute Gasteiger partial charge is 0.490 e. The van der Waals surface area contributed by atoms with E-state index in [1.54, 1.807) is 0 Å². The average Bonchev–Trinajstić information content (AvgIpc) is 2.21. The van der Waals surface area contributed by atoms with Gasteiger partial charge in [0.1, 0.15) is 5.75 Å². The van der Waals surface area contributed by atoms with Crippen molar-refractivity contribution in [2.45, 2.75) is 32.8 Å². The molecule has 0 fully saturated rings. The van der Waals surface area contributed by atoms with Gasteiger partial charge in [-0.1, -0.05) is 25.1 Å². The van der Waals surface area contributed by atoms with E-state index in [-0.39, 0.29) is 6.10 Å². The first kappa shape index (κ1) is 11.1. The van der Waals surface area contributed by atoms with Crippen molar-refractivity contribution in [2.75, 3.05) is 6.54 Å². The minimum atomic E-state index is 0.272. The van der Waals surface area contributed by atoms with Gasteiger partial charge in [0.15, 0.2) is 0 Å². The fourth-order valence-electron chi connectivity index (χ4n) is 1.28. The highest BCUT2D eigenvalue weighted by atomic mass is 16.5. The Labute approximate surface area is 86.1 Å². The molecule has 0 bridgehead atoms. The smallest absolute Gasteiger partial charge is 0.122 e. The van der Waals surface area contributed by atoms with Crippen LogP contribution < -0.4 is 10.5 Å². The molecule has 1 rings (SSSR count). The SMILES string of the molecule is CCC(C)Oc1ccccc1CCN. The van der Waals surface area contributed by atoms with Crippen LogP contribution in [0, 0.1) is 0 Å². The van der Waals surface area contributed by atoms with Crippen LogP contribution in [0.5, 0.6) is 5.75 Å². The Morgan fingerprint density at radius 3 is 2.71 bits per heavy atom. The molecule has 1 aromatic rings. The molecule has 0 aromatic heterocycles. The number of rotatable bonds is 5. The number of hydrogen-bond acceptors (Lipinski definition) is 2. The van der Waals surface area contributed by atoms with Crippen LogP contribution in [0.15, 0.2) is 24.3 Å². The Morgan fingerprint density at radius 1 is 1.36 bits per heavy atom. The highest BCUT2D eigenvalue weighted by Crippen LogP contribution is 2.20. The van der Waals surface area contributed by atoms with Gasteiger partial charge in [-0.05, 0) is 37.9 Å². The van der Waals surface area contributed by atoms with E-state index in [1.165, 1.54) is 5.56 Å². The summed E-state index contributed by atoms with van der Waals surface area (Å²) in [5.74, 6) is 0.979. The molecule has 1 atom stereocenters. The van der Waals surface area contributed by atoms with E-state index in [0.29, 0.717) is 6.54 Å². The number of nitrogens with two attached hydrogens (primary N) is 1. The third-order valence-electron chi connectivity index (χ3n) is 2.29. The Morgan fingerprint density at radius 2 is 2.07 bits per heavy atom. The van der Waals surface area contributed by atoms with Crippen molar-refractivity contribution < 1.29 is 4.74 Å². The number of benzene rings is 1. The first-order chi connectivity index (χ1) is 6.77. The third kappa shape index (κ3) is 3.04. The molecule has 0 heterocycles.